The first-order valence-electron chi connectivity index (χ1n) is 27.6. The van der Waals surface area contributed by atoms with Crippen LogP contribution in [0.4, 0.5) is 0 Å². The molecule has 0 unspecified atom stereocenters. The fourth-order valence-electron chi connectivity index (χ4n) is 7.43. The minimum Gasteiger partial charge on any atom is -0.510 e. The maximum absolute atomic E-state index is 9.00. The maximum Gasteiger partial charge on any atom is 0.268 e. The van der Waals surface area contributed by atoms with E-state index in [1.54, 1.807) is 68.3 Å². The Morgan fingerprint density at radius 2 is 1.23 bits per heavy atom. The van der Waals surface area contributed by atoms with Crippen LogP contribution in [-0.4, -0.2) is 14.1 Å². The van der Waals surface area contributed by atoms with Gasteiger partial charge in [0.05, 0.1) is 37.3 Å². The zero-order valence-corrected chi connectivity index (χ0v) is 33.7. The van der Waals surface area contributed by atoms with Gasteiger partial charge in [0.25, 0.3) is 6.33 Å². The van der Waals surface area contributed by atoms with Crippen LogP contribution in [0.2, 0.25) is 0 Å². The number of hydrogen-bond donors (Lipinski definition) is 0. The SMILES string of the molecule is [2H]c1c([2H])c([2H])c(-c2cnc(-n3c4[c-]c(Oc5[c-]c(-n6[c-][n+](-c7c(-c8c([2H])c([2H])c([2H])c([2H])c8[2H])cccc7-c7c([2H])c([2H])c([2H])c([2H])c7[2H])c7ccccc76)ccc5)ccc4c4ccccc43)cc2C([2H])([2H])[2H])c([2H])c1[2H].[Pt]. The molecule has 8 aromatic carbocycles. The molecule has 61 heavy (non-hydrogen) atoms. The number of rotatable bonds is 8. The van der Waals surface area contributed by atoms with Gasteiger partial charge in [-0.15, -0.1) is 29.7 Å². The number of pyridine rings is 1. The molecule has 0 spiro atoms. The van der Waals surface area contributed by atoms with Crippen LogP contribution in [0, 0.1) is 25.3 Å². The summed E-state index contributed by atoms with van der Waals surface area (Å²) in [5, 5.41) is 1.47. The van der Waals surface area contributed by atoms with Crippen molar-refractivity contribution < 1.29 is 55.0 Å². The molecule has 11 rings (SSSR count). The number of hydrogen-bond acceptors (Lipinski definition) is 2. The molecule has 0 aliphatic rings. The van der Waals surface area contributed by atoms with Gasteiger partial charge in [-0.1, -0.05) is 157 Å². The van der Waals surface area contributed by atoms with Crippen molar-refractivity contribution in [2.75, 3.05) is 0 Å². The van der Waals surface area contributed by atoms with Crippen LogP contribution in [0.25, 0.3) is 83.4 Å². The molecular weight excluding hydrogens is 928 g/mol. The second-order valence-electron chi connectivity index (χ2n) is 13.5. The number of benzene rings is 8. The first-order valence-corrected chi connectivity index (χ1v) is 18.6. The van der Waals surface area contributed by atoms with Gasteiger partial charge in [-0.2, -0.15) is 18.2 Å². The van der Waals surface area contributed by atoms with Gasteiger partial charge in [0.1, 0.15) is 5.82 Å². The van der Waals surface area contributed by atoms with Crippen LogP contribution in [0.1, 0.15) is 30.2 Å². The quantitative estimate of drug-likeness (QED) is 0.112. The van der Waals surface area contributed by atoms with Gasteiger partial charge in [-0.3, -0.25) is 4.57 Å². The van der Waals surface area contributed by atoms with Crippen LogP contribution in [0.5, 0.6) is 11.5 Å². The van der Waals surface area contributed by atoms with Crippen molar-refractivity contribution >= 4 is 32.8 Å². The topological polar surface area (TPSA) is 35.9 Å². The van der Waals surface area contributed by atoms with E-state index in [4.69, 9.17) is 29.4 Å². The van der Waals surface area contributed by atoms with Crippen LogP contribution >= 0.6 is 0 Å². The van der Waals surface area contributed by atoms with Gasteiger partial charge in [0, 0.05) is 54.0 Å². The summed E-state index contributed by atoms with van der Waals surface area (Å²) in [6, 6.07) is 26.7. The molecule has 5 nitrogen and oxygen atoms in total. The van der Waals surface area contributed by atoms with E-state index in [1.807, 2.05) is 24.3 Å². The Hall–Kier alpha value is -7.33. The number of fused-ring (bicyclic) bond motifs is 4. The van der Waals surface area contributed by atoms with Crippen molar-refractivity contribution in [2.24, 2.45) is 0 Å². The van der Waals surface area contributed by atoms with E-state index in [1.165, 1.54) is 30.5 Å². The number of para-hydroxylation sites is 4. The molecule has 0 amide bonds. The standard InChI is InChI=1S/C55H36N4O.Pt/c1-38-33-54(56-36-49(38)41-21-9-4-10-22-41)59-50-28-12-11-25-47(50)48-32-31-44(35-53(48)59)60-43-24-15-23-42(34-43)57-37-58(52-30-14-13-29-51(52)57)55-45(39-17-5-2-6-18-39)26-16-27-46(55)40-19-7-3-8-20-40;/h2-33,36H,1H3;/q-2;/i1D3,2D,3D,4D,5D,6D,7D,8D,9D,10D,17D,18D,19D,20D,21D,22D;. The van der Waals surface area contributed by atoms with Crippen LogP contribution in [0.15, 0.2) is 200 Å². The summed E-state index contributed by atoms with van der Waals surface area (Å²) in [6.45, 7) is -2.82. The monoisotopic (exact) mass is 981 g/mol. The van der Waals surface area contributed by atoms with Gasteiger partial charge < -0.3 is 13.9 Å². The summed E-state index contributed by atoms with van der Waals surface area (Å²) in [5.74, 6) is 0.546. The van der Waals surface area contributed by atoms with Crippen molar-refractivity contribution in [3.8, 4) is 62.1 Å². The van der Waals surface area contributed by atoms with Gasteiger partial charge in [0.2, 0.25) is 0 Å². The predicted octanol–water partition coefficient (Wildman–Crippen LogP) is 12.9. The second kappa shape index (κ2) is 16.0. The van der Waals surface area contributed by atoms with Crippen molar-refractivity contribution in [3.63, 3.8) is 0 Å². The molecule has 0 atom stereocenters. The Balaban J connectivity index is 0.00000704. The van der Waals surface area contributed by atoms with Gasteiger partial charge in [-0.05, 0) is 63.4 Å². The van der Waals surface area contributed by atoms with E-state index in [-0.39, 0.29) is 83.0 Å². The number of aromatic nitrogens is 4. The summed E-state index contributed by atoms with van der Waals surface area (Å²) in [4.78, 5) is 4.64. The Labute approximate surface area is 394 Å². The van der Waals surface area contributed by atoms with E-state index >= 15 is 0 Å². The summed E-state index contributed by atoms with van der Waals surface area (Å²) < 4.78 is 166. The molecule has 0 fully saturated rings. The van der Waals surface area contributed by atoms with E-state index in [0.717, 1.165) is 5.39 Å². The average molecular weight is 982 g/mol. The minimum atomic E-state index is -2.82. The molecule has 3 aromatic heterocycles. The molecule has 3 heterocycles. The molecule has 11 aromatic rings. The van der Waals surface area contributed by atoms with Crippen LogP contribution in [0.3, 0.4) is 0 Å². The fraction of sp³-hybridized carbons (Fsp3) is 0.0182. The summed E-state index contributed by atoms with van der Waals surface area (Å²) in [7, 11) is 0. The van der Waals surface area contributed by atoms with Gasteiger partial charge in [0.15, 0.2) is 0 Å². The summed E-state index contributed by atoms with van der Waals surface area (Å²) in [6.07, 6.45) is 4.53. The van der Waals surface area contributed by atoms with Gasteiger partial charge >= 0.3 is 0 Å². The average Bonchev–Trinajstić information content (AvgIpc) is 4.04. The molecule has 0 N–H and O–H groups in total. The third-order valence-corrected chi connectivity index (χ3v) is 10.0. The van der Waals surface area contributed by atoms with Crippen molar-refractivity contribution in [3.05, 3.63) is 224 Å². The molecule has 0 radical (unpaired) electrons. The second-order valence-corrected chi connectivity index (χ2v) is 13.5. The number of ether oxygens (including phenoxy) is 1. The fourth-order valence-corrected chi connectivity index (χ4v) is 7.43. The Bertz CT molecular complexity index is 4210. The summed E-state index contributed by atoms with van der Waals surface area (Å²) in [5.41, 5.74) is 1.53. The molecule has 0 bridgehead atoms. The largest absolute Gasteiger partial charge is 0.510 e. The zero-order valence-electron chi connectivity index (χ0n) is 49.4. The smallest absolute Gasteiger partial charge is 0.268 e. The molecule has 294 valence electrons. The normalized spacial score (nSPS) is 15.6. The minimum absolute atomic E-state index is 0. The summed E-state index contributed by atoms with van der Waals surface area (Å²) >= 11 is 0. The first kappa shape index (κ1) is 22.9. The van der Waals surface area contributed by atoms with Crippen LogP contribution in [-0.2, 0) is 21.1 Å². The third kappa shape index (κ3) is 6.83. The third-order valence-electron chi connectivity index (χ3n) is 10.0. The van der Waals surface area contributed by atoms with Crippen molar-refractivity contribution in [2.45, 2.75) is 6.85 Å². The van der Waals surface area contributed by atoms with E-state index < -0.39 is 97.5 Å². The van der Waals surface area contributed by atoms with E-state index in [0.29, 0.717) is 33.1 Å². The number of aryl methyl sites for hydroxylation is 1. The molecule has 0 aliphatic carbocycles. The Kier molecular flexibility index (Phi) is 6.01. The number of imidazole rings is 1. The van der Waals surface area contributed by atoms with E-state index in [2.05, 4.69) is 23.4 Å². The van der Waals surface area contributed by atoms with Crippen LogP contribution < -0.4 is 9.30 Å². The molecule has 6 heteroatoms. The maximum atomic E-state index is 9.00. The van der Waals surface area contributed by atoms with Gasteiger partial charge in [-0.25, -0.2) is 4.98 Å². The first-order chi connectivity index (χ1) is 37.1. The molecule has 0 aliphatic heterocycles. The Morgan fingerprint density at radius 1 is 0.607 bits per heavy atom. The predicted molar refractivity (Wildman–Crippen MR) is 241 cm³/mol. The zero-order chi connectivity index (χ0) is 55.5. The number of nitrogens with zero attached hydrogens (tertiary/aromatic N) is 4. The van der Waals surface area contributed by atoms with Crippen molar-refractivity contribution in [1.82, 2.24) is 14.1 Å². The van der Waals surface area contributed by atoms with Crippen molar-refractivity contribution in [1.29, 1.82) is 0 Å². The molecular formula is C55H36N4OPt-2. The Morgan fingerprint density at radius 3 is 1.93 bits per heavy atom. The van der Waals surface area contributed by atoms with E-state index in [9.17, 15) is 0 Å². The molecule has 0 saturated carbocycles. The molecule has 0 saturated heterocycles.